The van der Waals surface area contributed by atoms with Crippen LogP contribution in [0.1, 0.15) is 41.5 Å². The highest BCUT2D eigenvalue weighted by Crippen LogP contribution is 2.31. The van der Waals surface area contributed by atoms with Crippen molar-refractivity contribution in [3.63, 3.8) is 0 Å². The normalized spacial score (nSPS) is 10.8. The minimum atomic E-state index is -0.697. The number of hydrogen-bond acceptors (Lipinski definition) is 5. The minimum absolute atomic E-state index is 0.0732. The lowest BCUT2D eigenvalue weighted by molar-refractivity contribution is 0.100. The zero-order chi connectivity index (χ0) is 16.4. The van der Waals surface area contributed by atoms with Gasteiger partial charge in [0.25, 0.3) is 5.91 Å². The molecule has 3 N–H and O–H groups in total. The second kappa shape index (κ2) is 6.46. The zero-order valence-corrected chi connectivity index (χ0v) is 13.8. The summed E-state index contributed by atoms with van der Waals surface area (Å²) in [6.45, 7) is 5.83. The van der Waals surface area contributed by atoms with E-state index in [9.17, 15) is 4.79 Å². The van der Waals surface area contributed by atoms with Crippen molar-refractivity contribution in [1.82, 2.24) is 15.0 Å². The minimum Gasteiger partial charge on any atom is -0.365 e. The number of hydrogen-bond donors (Lipinski definition) is 2. The number of pyridine rings is 1. The second-order valence-electron chi connectivity index (χ2n) is 5.01. The maximum absolute atomic E-state index is 11.6. The van der Waals surface area contributed by atoms with Crippen molar-refractivity contribution in [2.24, 2.45) is 5.73 Å². The van der Waals surface area contributed by atoms with Crippen LogP contribution in [0.3, 0.4) is 0 Å². The average Bonchev–Trinajstić information content (AvgIpc) is 2.39. The molecule has 0 aliphatic rings. The first-order valence-electron chi connectivity index (χ1n) is 6.55. The SMILES string of the molecule is Cc1ncnc(C(C)C)c1Nc1nc(Cl)cc(Cl)c1C(N)=O. The summed E-state index contributed by atoms with van der Waals surface area (Å²) in [5, 5.41) is 3.33. The summed E-state index contributed by atoms with van der Waals surface area (Å²) >= 11 is 12.0. The van der Waals surface area contributed by atoms with Gasteiger partial charge < -0.3 is 11.1 Å². The van der Waals surface area contributed by atoms with Gasteiger partial charge >= 0.3 is 0 Å². The van der Waals surface area contributed by atoms with E-state index >= 15 is 0 Å². The Hall–Kier alpha value is -1.92. The summed E-state index contributed by atoms with van der Waals surface area (Å²) in [5.41, 5.74) is 7.62. The van der Waals surface area contributed by atoms with E-state index in [1.54, 1.807) is 0 Å². The summed E-state index contributed by atoms with van der Waals surface area (Å²) < 4.78 is 0. The van der Waals surface area contributed by atoms with Gasteiger partial charge in [-0.15, -0.1) is 0 Å². The fourth-order valence-corrected chi connectivity index (χ4v) is 2.55. The van der Waals surface area contributed by atoms with E-state index in [2.05, 4.69) is 20.3 Å². The number of carbonyl (C=O) groups excluding carboxylic acids is 1. The topological polar surface area (TPSA) is 93.8 Å². The summed E-state index contributed by atoms with van der Waals surface area (Å²) in [6, 6.07) is 1.37. The van der Waals surface area contributed by atoms with Gasteiger partial charge in [0.1, 0.15) is 22.9 Å². The van der Waals surface area contributed by atoms with Crippen molar-refractivity contribution in [3.05, 3.63) is 39.5 Å². The lowest BCUT2D eigenvalue weighted by Gasteiger charge is -2.16. The van der Waals surface area contributed by atoms with Crippen molar-refractivity contribution >= 4 is 40.6 Å². The molecule has 0 bridgehead atoms. The molecule has 0 saturated carbocycles. The summed E-state index contributed by atoms with van der Waals surface area (Å²) in [6.07, 6.45) is 1.49. The molecular weight excluding hydrogens is 325 g/mol. The largest absolute Gasteiger partial charge is 0.365 e. The van der Waals surface area contributed by atoms with Crippen LogP contribution in [-0.2, 0) is 0 Å². The predicted octanol–water partition coefficient (Wildman–Crippen LogP) is 3.45. The summed E-state index contributed by atoms with van der Waals surface area (Å²) in [5.74, 6) is -0.363. The molecule has 0 aliphatic heterocycles. The van der Waals surface area contributed by atoms with Gasteiger partial charge in [0, 0.05) is 0 Å². The van der Waals surface area contributed by atoms with E-state index in [1.807, 2.05) is 20.8 Å². The van der Waals surface area contributed by atoms with Crippen LogP contribution in [0.4, 0.5) is 11.5 Å². The number of rotatable bonds is 4. The highest BCUT2D eigenvalue weighted by molar-refractivity contribution is 6.37. The Balaban J connectivity index is 2.59. The van der Waals surface area contributed by atoms with Gasteiger partial charge in [0.15, 0.2) is 0 Å². The van der Waals surface area contributed by atoms with E-state index in [-0.39, 0.29) is 27.5 Å². The monoisotopic (exact) mass is 339 g/mol. The third-order valence-corrected chi connectivity index (χ3v) is 3.53. The number of nitrogens with zero attached hydrogens (tertiary/aromatic N) is 3. The van der Waals surface area contributed by atoms with Gasteiger partial charge in [-0.25, -0.2) is 15.0 Å². The molecule has 0 fully saturated rings. The molecule has 0 unspecified atom stereocenters. The number of nitrogens with one attached hydrogen (secondary N) is 1. The number of anilines is 2. The smallest absolute Gasteiger partial charge is 0.253 e. The summed E-state index contributed by atoms with van der Waals surface area (Å²) in [7, 11) is 0. The van der Waals surface area contributed by atoms with Crippen molar-refractivity contribution < 1.29 is 4.79 Å². The molecule has 6 nitrogen and oxygen atoms in total. The predicted molar refractivity (Wildman–Crippen MR) is 86.9 cm³/mol. The van der Waals surface area contributed by atoms with Crippen LogP contribution in [0.15, 0.2) is 12.4 Å². The Morgan fingerprint density at radius 1 is 1.32 bits per heavy atom. The molecule has 0 spiro atoms. The van der Waals surface area contributed by atoms with Crippen molar-refractivity contribution in [2.45, 2.75) is 26.7 Å². The molecule has 2 heterocycles. The highest BCUT2D eigenvalue weighted by Gasteiger charge is 2.19. The lowest BCUT2D eigenvalue weighted by Crippen LogP contribution is -2.16. The Kier molecular flexibility index (Phi) is 4.83. The second-order valence-corrected chi connectivity index (χ2v) is 5.81. The lowest BCUT2D eigenvalue weighted by atomic mass is 10.1. The molecule has 0 aliphatic carbocycles. The highest BCUT2D eigenvalue weighted by atomic mass is 35.5. The zero-order valence-electron chi connectivity index (χ0n) is 12.3. The Labute approximate surface area is 138 Å². The fraction of sp³-hybridized carbons (Fsp3) is 0.286. The standard InChI is InChI=1S/C14H15Cl2N5O/c1-6(2)11-12(7(3)18-5-19-11)21-14-10(13(17)22)8(15)4-9(16)20-14/h4-6H,1-3H3,(H2,17,22)(H,20,21). The number of aromatic nitrogens is 3. The van der Waals surface area contributed by atoms with Gasteiger partial charge in [-0.2, -0.15) is 0 Å². The van der Waals surface area contributed by atoms with Crippen LogP contribution < -0.4 is 11.1 Å². The van der Waals surface area contributed by atoms with Gasteiger partial charge in [-0.1, -0.05) is 37.0 Å². The Morgan fingerprint density at radius 2 is 2.00 bits per heavy atom. The molecule has 0 radical (unpaired) electrons. The van der Waals surface area contributed by atoms with Crippen LogP contribution in [0.5, 0.6) is 0 Å². The number of carbonyl (C=O) groups is 1. The maximum Gasteiger partial charge on any atom is 0.253 e. The molecule has 0 aromatic carbocycles. The molecule has 1 amide bonds. The van der Waals surface area contributed by atoms with Crippen molar-refractivity contribution in [3.8, 4) is 0 Å². The molecule has 0 atom stereocenters. The molecule has 0 saturated heterocycles. The molecule has 2 rings (SSSR count). The first kappa shape index (κ1) is 16.5. The number of aryl methyl sites for hydroxylation is 1. The molecule has 22 heavy (non-hydrogen) atoms. The molecule has 8 heteroatoms. The average molecular weight is 340 g/mol. The number of amides is 1. The van der Waals surface area contributed by atoms with E-state index in [4.69, 9.17) is 28.9 Å². The first-order chi connectivity index (χ1) is 10.3. The van der Waals surface area contributed by atoms with Gasteiger partial charge in [0.2, 0.25) is 0 Å². The molecule has 2 aromatic rings. The molecular formula is C14H15Cl2N5O. The van der Waals surface area contributed by atoms with Crippen LogP contribution in [0, 0.1) is 6.92 Å². The van der Waals surface area contributed by atoms with E-state index in [0.29, 0.717) is 11.4 Å². The van der Waals surface area contributed by atoms with Crippen molar-refractivity contribution in [2.75, 3.05) is 5.32 Å². The van der Waals surface area contributed by atoms with Crippen LogP contribution in [0.25, 0.3) is 0 Å². The van der Waals surface area contributed by atoms with Crippen LogP contribution in [0.2, 0.25) is 10.2 Å². The van der Waals surface area contributed by atoms with Crippen LogP contribution in [-0.4, -0.2) is 20.9 Å². The van der Waals surface area contributed by atoms with E-state index < -0.39 is 5.91 Å². The number of primary amides is 1. The van der Waals surface area contributed by atoms with Crippen LogP contribution >= 0.6 is 23.2 Å². The maximum atomic E-state index is 11.6. The third kappa shape index (κ3) is 3.28. The Morgan fingerprint density at radius 3 is 2.59 bits per heavy atom. The third-order valence-electron chi connectivity index (χ3n) is 3.04. The fourth-order valence-electron chi connectivity index (χ4n) is 2.01. The molecule has 2 aromatic heterocycles. The number of halogens is 2. The summed E-state index contributed by atoms with van der Waals surface area (Å²) in [4.78, 5) is 24.2. The first-order valence-corrected chi connectivity index (χ1v) is 7.31. The van der Waals surface area contributed by atoms with Gasteiger partial charge in [-0.3, -0.25) is 4.79 Å². The van der Waals surface area contributed by atoms with Gasteiger partial charge in [0.05, 0.1) is 22.1 Å². The molecule has 116 valence electrons. The van der Waals surface area contributed by atoms with Crippen molar-refractivity contribution in [1.29, 1.82) is 0 Å². The number of nitrogens with two attached hydrogens (primary N) is 1. The Bertz CT molecular complexity index is 733. The van der Waals surface area contributed by atoms with E-state index in [1.165, 1.54) is 12.4 Å². The van der Waals surface area contributed by atoms with Gasteiger partial charge in [-0.05, 0) is 18.9 Å². The van der Waals surface area contributed by atoms with E-state index in [0.717, 1.165) is 5.69 Å². The quantitative estimate of drug-likeness (QED) is 0.832.